The van der Waals surface area contributed by atoms with E-state index in [2.05, 4.69) is 37.1 Å². The molecule has 0 aliphatic heterocycles. The summed E-state index contributed by atoms with van der Waals surface area (Å²) in [5.74, 6) is 0.442. The Bertz CT molecular complexity index is 1360. The third kappa shape index (κ3) is 10.0. The van der Waals surface area contributed by atoms with E-state index < -0.39 is 32.1 Å². The summed E-state index contributed by atoms with van der Waals surface area (Å²) >= 11 is 0. The largest absolute Gasteiger partial charge is 1.00 e. The fourth-order valence-corrected chi connectivity index (χ4v) is 9.96. The van der Waals surface area contributed by atoms with E-state index in [1.807, 2.05) is 79.7 Å². The summed E-state index contributed by atoms with van der Waals surface area (Å²) < 4.78 is 66.0. The van der Waals surface area contributed by atoms with Crippen LogP contribution in [0.15, 0.2) is 34.1 Å². The summed E-state index contributed by atoms with van der Waals surface area (Å²) in [5, 5.41) is 0. The summed E-state index contributed by atoms with van der Waals surface area (Å²) in [6.45, 7) is 24.5. The maximum atomic E-state index is 14.2. The quantitative estimate of drug-likeness (QED) is 0.312. The molecule has 248 valence electrons. The van der Waals surface area contributed by atoms with Crippen molar-refractivity contribution >= 4 is 20.0 Å². The van der Waals surface area contributed by atoms with Crippen LogP contribution in [-0.4, -0.2) is 28.9 Å². The van der Waals surface area contributed by atoms with Crippen LogP contribution >= 0.6 is 0 Å². The minimum Gasteiger partial charge on any atom is -0.543 e. The van der Waals surface area contributed by atoms with Crippen LogP contribution in [0, 0.1) is 0 Å². The zero-order valence-corrected chi connectivity index (χ0v) is 32.7. The topological polar surface area (TPSA) is 96.5 Å². The summed E-state index contributed by atoms with van der Waals surface area (Å²) in [4.78, 5) is 0.570. The smallest absolute Gasteiger partial charge is 0.543 e. The predicted molar refractivity (Wildman–Crippen MR) is 185 cm³/mol. The number of hydrogen-bond donors (Lipinski definition) is 0. The average molecular weight is 659 g/mol. The van der Waals surface area contributed by atoms with Gasteiger partial charge >= 0.3 is 37.7 Å². The van der Waals surface area contributed by atoms with Crippen LogP contribution in [0.5, 0.6) is 0 Å². The second-order valence-corrected chi connectivity index (χ2v) is 17.7. The van der Waals surface area contributed by atoms with Gasteiger partial charge in [-0.05, 0) is 68.9 Å². The summed E-state index contributed by atoms with van der Waals surface area (Å²) in [7, 11) is -8.19. The number of hydrogen-bond acceptors (Lipinski definition) is 4. The molecular formula is C36H56Li2N2O4S2. The zero-order chi connectivity index (χ0) is 33.3. The van der Waals surface area contributed by atoms with Crippen molar-refractivity contribution in [2.24, 2.45) is 0 Å². The SMILES string of the molecule is CC(C)c1cc(C(C)C)c(S(=O)(=O)[N-][C@@H]2CCCC[C@H]2[N-]S(=O)(=O)c2c(C(C)C)cc(C(C)C)cc2C(C)C)c(C(C)C)c1.[Li+].[Li+]. The van der Waals surface area contributed by atoms with E-state index in [-0.39, 0.29) is 83.0 Å². The Morgan fingerprint density at radius 2 is 0.717 bits per heavy atom. The minimum absolute atomic E-state index is 0. The van der Waals surface area contributed by atoms with Crippen LogP contribution in [0.2, 0.25) is 0 Å². The molecule has 1 aliphatic carbocycles. The minimum atomic E-state index is -4.10. The van der Waals surface area contributed by atoms with Gasteiger partial charge in [-0.1, -0.05) is 133 Å². The molecule has 0 radical (unpaired) electrons. The van der Waals surface area contributed by atoms with Gasteiger partial charge in [0, 0.05) is 0 Å². The molecule has 6 nitrogen and oxygen atoms in total. The molecule has 0 aromatic heterocycles. The maximum Gasteiger partial charge on any atom is 1.00 e. The van der Waals surface area contributed by atoms with E-state index in [0.29, 0.717) is 12.8 Å². The van der Waals surface area contributed by atoms with Crippen molar-refractivity contribution in [2.75, 3.05) is 0 Å². The molecule has 0 heterocycles. The van der Waals surface area contributed by atoms with Gasteiger partial charge in [-0.15, -0.1) is 12.1 Å². The number of nitrogens with zero attached hydrogens (tertiary/aromatic N) is 2. The molecule has 2 atom stereocenters. The van der Waals surface area contributed by atoms with Crippen LogP contribution in [-0.2, 0) is 20.0 Å². The molecule has 2 aromatic carbocycles. The first-order chi connectivity index (χ1) is 20.3. The van der Waals surface area contributed by atoms with Crippen molar-refractivity contribution in [2.45, 2.75) is 166 Å². The van der Waals surface area contributed by atoms with Crippen LogP contribution in [0.3, 0.4) is 0 Å². The van der Waals surface area contributed by atoms with E-state index in [0.717, 1.165) is 46.2 Å². The Labute approximate surface area is 305 Å². The van der Waals surface area contributed by atoms with E-state index in [1.165, 1.54) is 0 Å². The molecule has 0 spiro atoms. The van der Waals surface area contributed by atoms with Gasteiger partial charge in [0.1, 0.15) is 20.0 Å². The standard InChI is InChI=1S/C36H56N2O4S2.2Li/c1-21(2)27-17-29(23(5)6)35(30(18-27)24(7)8)43(39,40)37-33-15-13-14-16-34(33)38-44(41,42)36-31(25(9)10)19-28(22(3)4)20-32(36)26(11)12;;/h17-26,33-34H,13-16H2,1-12H3;;/q-2;2*+1/t33-,34-;;/m1../s1. The normalized spacial score (nSPS) is 17.7. The monoisotopic (exact) mass is 658 g/mol. The summed E-state index contributed by atoms with van der Waals surface area (Å²) in [6.07, 6.45) is 2.55. The van der Waals surface area contributed by atoms with Crippen LogP contribution < -0.4 is 37.7 Å². The molecule has 2 aromatic rings. The Balaban J connectivity index is 0.00000529. The maximum absolute atomic E-state index is 14.2. The fraction of sp³-hybridized carbons (Fsp3) is 0.667. The molecular weight excluding hydrogens is 602 g/mol. The van der Waals surface area contributed by atoms with Gasteiger partial charge in [0.05, 0.1) is 9.79 Å². The van der Waals surface area contributed by atoms with Gasteiger partial charge in [-0.25, -0.2) is 16.8 Å². The first-order valence-electron chi connectivity index (χ1n) is 16.6. The Hall–Kier alpha value is -0.545. The Morgan fingerprint density at radius 1 is 0.478 bits per heavy atom. The van der Waals surface area contributed by atoms with E-state index in [4.69, 9.17) is 0 Å². The molecule has 0 N–H and O–H groups in total. The van der Waals surface area contributed by atoms with Gasteiger partial charge < -0.3 is 9.44 Å². The second kappa shape index (κ2) is 17.4. The molecule has 46 heavy (non-hydrogen) atoms. The van der Waals surface area contributed by atoms with Crippen LogP contribution in [0.1, 0.15) is 178 Å². The molecule has 0 saturated heterocycles. The first-order valence-corrected chi connectivity index (χ1v) is 19.5. The molecule has 1 aliphatic rings. The van der Waals surface area contributed by atoms with Gasteiger partial charge in [0.25, 0.3) is 0 Å². The summed E-state index contributed by atoms with van der Waals surface area (Å²) in [6, 6.07) is 6.59. The fourth-order valence-electron chi connectivity index (χ4n) is 6.17. The molecule has 10 heteroatoms. The van der Waals surface area contributed by atoms with Crippen LogP contribution in [0.4, 0.5) is 0 Å². The Kier molecular flexibility index (Phi) is 16.4. The molecule has 0 unspecified atom stereocenters. The Morgan fingerprint density at radius 3 is 0.913 bits per heavy atom. The van der Waals surface area contributed by atoms with Crippen molar-refractivity contribution in [3.05, 3.63) is 67.1 Å². The first kappa shape index (κ1) is 43.5. The van der Waals surface area contributed by atoms with Crippen molar-refractivity contribution in [3.63, 3.8) is 0 Å². The molecule has 3 rings (SSSR count). The number of rotatable bonds is 12. The van der Waals surface area contributed by atoms with Crippen molar-refractivity contribution in [3.8, 4) is 0 Å². The summed E-state index contributed by atoms with van der Waals surface area (Å²) in [5.41, 5.74) is 5.31. The third-order valence-corrected chi connectivity index (χ3v) is 12.0. The van der Waals surface area contributed by atoms with E-state index in [1.54, 1.807) is 0 Å². The van der Waals surface area contributed by atoms with Gasteiger partial charge in [-0.2, -0.15) is 0 Å². The van der Waals surface area contributed by atoms with Crippen molar-refractivity contribution in [1.82, 2.24) is 0 Å². The average Bonchev–Trinajstić information content (AvgIpc) is 2.91. The van der Waals surface area contributed by atoms with Crippen molar-refractivity contribution < 1.29 is 54.6 Å². The molecule has 0 bridgehead atoms. The zero-order valence-electron chi connectivity index (χ0n) is 31.1. The van der Waals surface area contributed by atoms with Crippen LogP contribution in [0.25, 0.3) is 9.44 Å². The van der Waals surface area contributed by atoms with E-state index >= 15 is 0 Å². The van der Waals surface area contributed by atoms with E-state index in [9.17, 15) is 16.8 Å². The van der Waals surface area contributed by atoms with Gasteiger partial charge in [0.15, 0.2) is 0 Å². The molecule has 1 fully saturated rings. The third-order valence-electron chi connectivity index (χ3n) is 8.92. The van der Waals surface area contributed by atoms with Gasteiger partial charge in [0.2, 0.25) is 0 Å². The molecule has 1 saturated carbocycles. The van der Waals surface area contributed by atoms with Gasteiger partial charge in [-0.3, -0.25) is 0 Å². The molecule has 0 amide bonds. The number of benzene rings is 2. The second-order valence-electron chi connectivity index (χ2n) is 14.6. The van der Waals surface area contributed by atoms with Crippen molar-refractivity contribution in [1.29, 1.82) is 0 Å². The number of sulfonamides is 2. The predicted octanol–water partition coefficient (Wildman–Crippen LogP) is 4.57.